The molecule has 2 N–H and O–H groups in total. The van der Waals surface area contributed by atoms with Crippen LogP contribution in [0.2, 0.25) is 0 Å². The van der Waals surface area contributed by atoms with Crippen molar-refractivity contribution in [1.29, 1.82) is 0 Å². The van der Waals surface area contributed by atoms with Gasteiger partial charge in [-0.2, -0.15) is 5.21 Å². The fraction of sp³-hybridized carbons (Fsp3) is 0.214. The van der Waals surface area contributed by atoms with Crippen molar-refractivity contribution in [2.24, 2.45) is 5.92 Å². The zero-order chi connectivity index (χ0) is 34.9. The number of nitrogens with zero attached hydrogens (tertiary/aromatic N) is 4. The molecule has 0 bridgehead atoms. The van der Waals surface area contributed by atoms with Gasteiger partial charge in [-0.15, -0.1) is 10.2 Å². The first-order chi connectivity index (χ1) is 24.4. The van der Waals surface area contributed by atoms with E-state index in [1.807, 2.05) is 117 Å². The second-order valence-corrected chi connectivity index (χ2v) is 12.6. The van der Waals surface area contributed by atoms with Gasteiger partial charge in [0, 0.05) is 24.4 Å². The Balaban J connectivity index is 1.45. The Morgan fingerprint density at radius 3 is 1.74 bits per heavy atom. The molecular formula is C42H41N5O3. The lowest BCUT2D eigenvalue weighted by atomic mass is 9.60. The Morgan fingerprint density at radius 2 is 1.26 bits per heavy atom. The number of carbonyl (C=O) groups is 2. The van der Waals surface area contributed by atoms with Gasteiger partial charge >= 0.3 is 5.97 Å². The van der Waals surface area contributed by atoms with Crippen LogP contribution in [0.3, 0.4) is 0 Å². The molecule has 1 amide bonds. The summed E-state index contributed by atoms with van der Waals surface area (Å²) in [5, 5.41) is 25.7. The Hall–Kier alpha value is -5.89. The van der Waals surface area contributed by atoms with Crippen molar-refractivity contribution in [2.45, 2.75) is 51.1 Å². The summed E-state index contributed by atoms with van der Waals surface area (Å²) in [7, 11) is 0. The molecule has 0 saturated heterocycles. The first kappa shape index (κ1) is 34.0. The van der Waals surface area contributed by atoms with Crippen molar-refractivity contribution < 1.29 is 14.7 Å². The average Bonchev–Trinajstić information content (AvgIpc) is 3.71. The van der Waals surface area contributed by atoms with Gasteiger partial charge in [0.25, 0.3) is 0 Å². The van der Waals surface area contributed by atoms with Crippen molar-refractivity contribution >= 4 is 11.9 Å². The Kier molecular flexibility index (Phi) is 10.6. The van der Waals surface area contributed by atoms with Gasteiger partial charge in [-0.25, -0.2) is 4.79 Å². The van der Waals surface area contributed by atoms with E-state index < -0.39 is 23.3 Å². The summed E-state index contributed by atoms with van der Waals surface area (Å²) in [5.74, 6) is -1.31. The molecule has 252 valence electrons. The number of nitrogens with one attached hydrogen (secondary N) is 1. The number of tetrazole rings is 1. The first-order valence-corrected chi connectivity index (χ1v) is 17.1. The van der Waals surface area contributed by atoms with Crippen LogP contribution in [-0.4, -0.2) is 48.5 Å². The maximum atomic E-state index is 14.2. The normalized spacial score (nSPS) is 12.6. The second kappa shape index (κ2) is 15.6. The molecular weight excluding hydrogens is 622 g/mol. The SMILES string of the molecule is CCCCC(=O)N(Cc1ccc(-c2ccccc2-c2nn[nH]n2)cc1)[C@H](C(=O)O)[C@@H](C)C(c1ccccc1)(c1ccccc1)c1ccccc1. The minimum atomic E-state index is -1.15. The lowest BCUT2D eigenvalue weighted by Gasteiger charge is -2.46. The van der Waals surface area contributed by atoms with Crippen LogP contribution >= 0.6 is 0 Å². The van der Waals surface area contributed by atoms with E-state index in [0.717, 1.165) is 45.4 Å². The number of benzene rings is 5. The zero-order valence-corrected chi connectivity index (χ0v) is 28.3. The van der Waals surface area contributed by atoms with E-state index >= 15 is 0 Å². The van der Waals surface area contributed by atoms with Crippen LogP contribution in [0, 0.1) is 5.92 Å². The highest BCUT2D eigenvalue weighted by atomic mass is 16.4. The summed E-state index contributed by atoms with van der Waals surface area (Å²) in [6.07, 6.45) is 1.75. The third-order valence-corrected chi connectivity index (χ3v) is 9.63. The highest BCUT2D eigenvalue weighted by molar-refractivity contribution is 5.85. The third kappa shape index (κ3) is 6.83. The van der Waals surface area contributed by atoms with Crippen molar-refractivity contribution in [3.05, 3.63) is 162 Å². The quantitative estimate of drug-likeness (QED) is 0.114. The molecule has 0 radical (unpaired) electrons. The topological polar surface area (TPSA) is 112 Å². The summed E-state index contributed by atoms with van der Waals surface area (Å²) in [5.41, 5.74) is 5.54. The number of carboxylic acids is 1. The third-order valence-electron chi connectivity index (χ3n) is 9.63. The lowest BCUT2D eigenvalue weighted by molar-refractivity contribution is -0.154. The molecule has 0 spiro atoms. The summed E-state index contributed by atoms with van der Waals surface area (Å²) < 4.78 is 0. The minimum absolute atomic E-state index is 0.144. The Morgan fingerprint density at radius 1 is 0.740 bits per heavy atom. The predicted molar refractivity (Wildman–Crippen MR) is 195 cm³/mol. The van der Waals surface area contributed by atoms with E-state index in [1.165, 1.54) is 0 Å². The average molecular weight is 664 g/mol. The second-order valence-electron chi connectivity index (χ2n) is 12.6. The molecule has 1 heterocycles. The van der Waals surface area contributed by atoms with E-state index in [0.29, 0.717) is 12.2 Å². The van der Waals surface area contributed by atoms with Gasteiger partial charge in [-0.05, 0) is 45.0 Å². The summed E-state index contributed by atoms with van der Waals surface area (Å²) >= 11 is 0. The van der Waals surface area contributed by atoms with Crippen molar-refractivity contribution in [3.63, 3.8) is 0 Å². The number of amides is 1. The molecule has 6 rings (SSSR count). The van der Waals surface area contributed by atoms with Crippen LogP contribution in [0.15, 0.2) is 140 Å². The van der Waals surface area contributed by atoms with Gasteiger partial charge in [0.05, 0.1) is 5.41 Å². The number of aromatic nitrogens is 4. The fourth-order valence-corrected chi connectivity index (χ4v) is 7.25. The standard InChI is InChI=1S/C42H41N5O3/c1-3-4-24-38(48)47(29-31-25-27-32(28-26-31)36-22-14-15-23-37(36)40-43-45-46-44-40)39(41(49)50)30(2)42(33-16-8-5-9-17-33,34-18-10-6-11-19-34)35-20-12-7-13-21-35/h5-23,25-28,30,39H,3-4,24,29H2,1-2H3,(H,49,50)(H,43,44,45,46)/t30-,39+/m1/s1. The van der Waals surface area contributed by atoms with Gasteiger partial charge in [-0.3, -0.25) is 4.79 Å². The lowest BCUT2D eigenvalue weighted by Crippen LogP contribution is -2.54. The van der Waals surface area contributed by atoms with E-state index in [2.05, 4.69) is 57.0 Å². The van der Waals surface area contributed by atoms with Crippen molar-refractivity contribution in [2.75, 3.05) is 0 Å². The maximum Gasteiger partial charge on any atom is 0.326 e. The largest absolute Gasteiger partial charge is 0.480 e. The molecule has 0 aliphatic carbocycles. The predicted octanol–water partition coefficient (Wildman–Crippen LogP) is 8.18. The van der Waals surface area contributed by atoms with Crippen molar-refractivity contribution in [3.8, 4) is 22.5 Å². The van der Waals surface area contributed by atoms with E-state index in [4.69, 9.17) is 0 Å². The minimum Gasteiger partial charge on any atom is -0.480 e. The van der Waals surface area contributed by atoms with E-state index in [1.54, 1.807) is 4.90 Å². The van der Waals surface area contributed by atoms with Gasteiger partial charge in [0.15, 0.2) is 0 Å². The molecule has 5 aromatic carbocycles. The van der Waals surface area contributed by atoms with E-state index in [-0.39, 0.29) is 18.9 Å². The Bertz CT molecular complexity index is 1890. The number of aromatic amines is 1. The molecule has 0 aliphatic rings. The highest BCUT2D eigenvalue weighted by Gasteiger charge is 2.49. The number of hydrogen-bond donors (Lipinski definition) is 2. The molecule has 8 heteroatoms. The molecule has 0 saturated carbocycles. The molecule has 8 nitrogen and oxygen atoms in total. The molecule has 0 aliphatic heterocycles. The van der Waals surface area contributed by atoms with Crippen molar-refractivity contribution in [1.82, 2.24) is 25.5 Å². The zero-order valence-electron chi connectivity index (χ0n) is 28.3. The smallest absolute Gasteiger partial charge is 0.326 e. The molecule has 0 fully saturated rings. The van der Waals surface area contributed by atoms with Crippen LogP contribution in [0.25, 0.3) is 22.5 Å². The summed E-state index contributed by atoms with van der Waals surface area (Å²) in [4.78, 5) is 29.5. The molecule has 50 heavy (non-hydrogen) atoms. The number of unbranched alkanes of at least 4 members (excludes halogenated alkanes) is 1. The van der Waals surface area contributed by atoms with Crippen LogP contribution in [0.5, 0.6) is 0 Å². The van der Waals surface area contributed by atoms with Gasteiger partial charge in [-0.1, -0.05) is 160 Å². The van der Waals surface area contributed by atoms with Gasteiger partial charge in [0.2, 0.25) is 11.7 Å². The van der Waals surface area contributed by atoms with Gasteiger partial charge < -0.3 is 10.0 Å². The summed E-state index contributed by atoms with van der Waals surface area (Å²) in [6, 6.07) is 44.8. The monoisotopic (exact) mass is 663 g/mol. The molecule has 6 aromatic rings. The number of carboxylic acid groups (broad SMARTS) is 1. The van der Waals surface area contributed by atoms with Crippen LogP contribution in [0.4, 0.5) is 0 Å². The molecule has 1 aromatic heterocycles. The number of carbonyl (C=O) groups excluding carboxylic acids is 1. The first-order valence-electron chi connectivity index (χ1n) is 17.1. The number of hydrogen-bond acceptors (Lipinski definition) is 5. The molecule has 0 unspecified atom stereocenters. The summed E-state index contributed by atoms with van der Waals surface area (Å²) in [6.45, 7) is 4.15. The number of rotatable bonds is 14. The fourth-order valence-electron chi connectivity index (χ4n) is 7.25. The maximum absolute atomic E-state index is 14.2. The highest BCUT2D eigenvalue weighted by Crippen LogP contribution is 2.47. The number of aliphatic carboxylic acids is 1. The number of H-pyrrole nitrogens is 1. The van der Waals surface area contributed by atoms with Crippen LogP contribution < -0.4 is 0 Å². The van der Waals surface area contributed by atoms with E-state index in [9.17, 15) is 14.7 Å². The van der Waals surface area contributed by atoms with Crippen LogP contribution in [-0.2, 0) is 21.5 Å². The Labute approximate surface area is 292 Å². The van der Waals surface area contributed by atoms with Crippen LogP contribution in [0.1, 0.15) is 55.4 Å². The van der Waals surface area contributed by atoms with Gasteiger partial charge in [0.1, 0.15) is 6.04 Å². The molecule has 2 atom stereocenters.